The van der Waals surface area contributed by atoms with Gasteiger partial charge in [0, 0.05) is 5.92 Å². The van der Waals surface area contributed by atoms with Crippen molar-refractivity contribution in [3.63, 3.8) is 0 Å². The number of hydrogen-bond acceptors (Lipinski definition) is 6. The zero-order chi connectivity index (χ0) is 20.2. The minimum absolute atomic E-state index is 0.167. The van der Waals surface area contributed by atoms with Crippen LogP contribution in [0.3, 0.4) is 0 Å². The van der Waals surface area contributed by atoms with E-state index in [-0.39, 0.29) is 25.1 Å². The van der Waals surface area contributed by atoms with Crippen LogP contribution in [0, 0.1) is 5.92 Å². The van der Waals surface area contributed by atoms with E-state index in [2.05, 4.69) is 5.32 Å². The van der Waals surface area contributed by atoms with Crippen LogP contribution in [-0.4, -0.2) is 49.2 Å². The molecule has 1 aliphatic rings. The third-order valence-corrected chi connectivity index (χ3v) is 4.51. The lowest BCUT2D eigenvalue weighted by Gasteiger charge is -2.29. The van der Waals surface area contributed by atoms with Crippen LogP contribution in [0.15, 0.2) is 30.3 Å². The van der Waals surface area contributed by atoms with Gasteiger partial charge in [-0.25, -0.2) is 9.59 Å². The average Bonchev–Trinajstić information content (AvgIpc) is 2.99. The molecule has 0 amide bonds. The summed E-state index contributed by atoms with van der Waals surface area (Å²) in [6, 6.07) is 5.14. The molecule has 0 saturated carbocycles. The van der Waals surface area contributed by atoms with E-state index in [1.54, 1.807) is 6.07 Å². The number of alkyl halides is 3. The first kappa shape index (κ1) is 20.9. The second kappa shape index (κ2) is 8.08. The first-order valence-electron chi connectivity index (χ1n) is 8.43. The molecular weight excluding hydrogens is 367 g/mol. The van der Waals surface area contributed by atoms with Crippen molar-refractivity contribution < 1.29 is 37.0 Å². The van der Waals surface area contributed by atoms with Crippen LogP contribution >= 0.6 is 0 Å². The van der Waals surface area contributed by atoms with Crippen LogP contribution in [-0.2, 0) is 23.9 Å². The van der Waals surface area contributed by atoms with E-state index >= 15 is 0 Å². The Hall–Kier alpha value is -2.42. The number of benzene rings is 1. The molecule has 0 aromatic heterocycles. The highest BCUT2D eigenvalue weighted by atomic mass is 19.4. The monoisotopic (exact) mass is 387 g/mol. The Morgan fingerprint density at radius 2 is 1.63 bits per heavy atom. The largest absolute Gasteiger partial charge is 0.464 e. The molecule has 1 fully saturated rings. The summed E-state index contributed by atoms with van der Waals surface area (Å²) in [6.45, 7) is 2.52. The minimum Gasteiger partial charge on any atom is -0.464 e. The third kappa shape index (κ3) is 3.69. The molecular formula is C18H20F3NO5. The van der Waals surface area contributed by atoms with Gasteiger partial charge in [-0.2, -0.15) is 13.2 Å². The maximum Gasteiger partial charge on any atom is 0.404 e. The Morgan fingerprint density at radius 3 is 2.04 bits per heavy atom. The lowest BCUT2D eigenvalue weighted by atomic mass is 9.76. The molecule has 2 rings (SSSR count). The Kier molecular flexibility index (Phi) is 6.25. The molecule has 1 saturated heterocycles. The maximum atomic E-state index is 13.8. The summed E-state index contributed by atoms with van der Waals surface area (Å²) < 4.78 is 51.0. The summed E-state index contributed by atoms with van der Waals surface area (Å²) in [5, 5.41) is 2.06. The molecule has 1 aliphatic heterocycles. The molecule has 0 aliphatic carbocycles. The number of nitrogens with one attached hydrogen (secondary N) is 1. The second-order valence-corrected chi connectivity index (χ2v) is 6.01. The maximum absolute atomic E-state index is 13.8. The van der Waals surface area contributed by atoms with Crippen LogP contribution in [0.2, 0.25) is 0 Å². The number of aldehydes is 1. The standard InChI is InChI=1S/C18H20F3NO5/c1-3-26-15(24)17(16(25)27-4-2)12(10-23)13(11-8-6-5-7-9-11)14(22-17)18(19,20)21/h5-10,12-14,22H,3-4H2,1-2H3/t12-,13-,14-/m0/s1. The first-order valence-corrected chi connectivity index (χ1v) is 8.43. The topological polar surface area (TPSA) is 81.7 Å². The highest BCUT2D eigenvalue weighted by Gasteiger charge is 2.69. The highest BCUT2D eigenvalue weighted by Crippen LogP contribution is 2.47. The van der Waals surface area contributed by atoms with Gasteiger partial charge in [-0.1, -0.05) is 30.3 Å². The van der Waals surface area contributed by atoms with Gasteiger partial charge in [0.1, 0.15) is 12.3 Å². The summed E-state index contributed by atoms with van der Waals surface area (Å²) in [5.41, 5.74) is -2.41. The van der Waals surface area contributed by atoms with Crippen molar-refractivity contribution in [1.29, 1.82) is 0 Å². The zero-order valence-electron chi connectivity index (χ0n) is 14.8. The van der Waals surface area contributed by atoms with Crippen molar-refractivity contribution in [3.8, 4) is 0 Å². The van der Waals surface area contributed by atoms with Gasteiger partial charge in [0.15, 0.2) is 0 Å². The molecule has 0 unspecified atom stereocenters. The van der Waals surface area contributed by atoms with Gasteiger partial charge in [-0.3, -0.25) is 5.32 Å². The van der Waals surface area contributed by atoms with E-state index in [4.69, 9.17) is 9.47 Å². The van der Waals surface area contributed by atoms with Gasteiger partial charge in [0.25, 0.3) is 0 Å². The lowest BCUT2D eigenvalue weighted by Crippen LogP contribution is -2.62. The molecule has 0 bridgehead atoms. The fourth-order valence-electron chi connectivity index (χ4n) is 3.42. The fourth-order valence-corrected chi connectivity index (χ4v) is 3.42. The van der Waals surface area contributed by atoms with E-state index in [0.717, 1.165) is 0 Å². The molecule has 9 heteroatoms. The van der Waals surface area contributed by atoms with E-state index < -0.39 is 41.5 Å². The molecule has 27 heavy (non-hydrogen) atoms. The van der Waals surface area contributed by atoms with Crippen LogP contribution in [0.4, 0.5) is 13.2 Å². The Labute approximate surface area is 154 Å². The molecule has 0 spiro atoms. The predicted octanol–water partition coefficient (Wildman–Crippen LogP) is 1.98. The Balaban J connectivity index is 2.68. The van der Waals surface area contributed by atoms with Gasteiger partial charge in [0.2, 0.25) is 5.54 Å². The molecule has 148 valence electrons. The number of rotatable bonds is 6. The summed E-state index contributed by atoms with van der Waals surface area (Å²) >= 11 is 0. The number of ether oxygens (including phenoxy) is 2. The molecule has 3 atom stereocenters. The smallest absolute Gasteiger partial charge is 0.404 e. The van der Waals surface area contributed by atoms with Gasteiger partial charge < -0.3 is 14.3 Å². The van der Waals surface area contributed by atoms with Crippen LogP contribution < -0.4 is 5.32 Å². The van der Waals surface area contributed by atoms with E-state index in [1.807, 2.05) is 0 Å². The third-order valence-electron chi connectivity index (χ3n) is 4.51. The highest BCUT2D eigenvalue weighted by molar-refractivity contribution is 6.08. The number of carbonyl (C=O) groups excluding carboxylic acids is 3. The van der Waals surface area contributed by atoms with Crippen molar-refractivity contribution in [2.75, 3.05) is 13.2 Å². The summed E-state index contributed by atoms with van der Waals surface area (Å²) in [4.78, 5) is 37.1. The van der Waals surface area contributed by atoms with Gasteiger partial charge in [-0.05, 0) is 19.4 Å². The van der Waals surface area contributed by atoms with Gasteiger partial charge >= 0.3 is 18.1 Å². The summed E-state index contributed by atoms with van der Waals surface area (Å²) in [5.74, 6) is -5.71. The fraction of sp³-hybridized carbons (Fsp3) is 0.500. The van der Waals surface area contributed by atoms with Crippen LogP contribution in [0.25, 0.3) is 0 Å². The molecule has 1 heterocycles. The average molecular weight is 387 g/mol. The number of hydrogen-bond donors (Lipinski definition) is 1. The quantitative estimate of drug-likeness (QED) is 0.457. The molecule has 1 aromatic rings. The second-order valence-electron chi connectivity index (χ2n) is 6.01. The summed E-state index contributed by atoms with van der Waals surface area (Å²) in [7, 11) is 0. The SMILES string of the molecule is CCOC(=O)C1(C(=O)OCC)N[C@H](C(F)(F)F)[C@@H](c2ccccc2)[C@@H]1C=O. The number of halogens is 3. The van der Waals surface area contributed by atoms with E-state index in [9.17, 15) is 27.6 Å². The van der Waals surface area contributed by atoms with Crippen LogP contribution in [0.5, 0.6) is 0 Å². The molecule has 1 aromatic carbocycles. The lowest BCUT2D eigenvalue weighted by molar-refractivity contribution is -0.172. The number of carbonyl (C=O) groups is 3. The van der Waals surface area contributed by atoms with Crippen molar-refractivity contribution in [3.05, 3.63) is 35.9 Å². The van der Waals surface area contributed by atoms with Crippen molar-refractivity contribution in [2.45, 2.75) is 37.5 Å². The predicted molar refractivity (Wildman–Crippen MR) is 87.7 cm³/mol. The van der Waals surface area contributed by atoms with Crippen molar-refractivity contribution in [2.24, 2.45) is 5.92 Å². The first-order chi connectivity index (χ1) is 12.7. The summed E-state index contributed by atoms with van der Waals surface area (Å²) in [6.07, 6.45) is -4.65. The zero-order valence-corrected chi connectivity index (χ0v) is 14.8. The molecule has 0 radical (unpaired) electrons. The van der Waals surface area contributed by atoms with Crippen LogP contribution in [0.1, 0.15) is 25.3 Å². The molecule has 6 nitrogen and oxygen atoms in total. The Morgan fingerprint density at radius 1 is 1.11 bits per heavy atom. The number of esters is 2. The van der Waals surface area contributed by atoms with Gasteiger partial charge in [0.05, 0.1) is 19.1 Å². The normalized spacial score (nSPS) is 24.3. The van der Waals surface area contributed by atoms with E-state index in [1.165, 1.54) is 38.1 Å². The van der Waals surface area contributed by atoms with Gasteiger partial charge in [-0.15, -0.1) is 0 Å². The Bertz CT molecular complexity index is 674. The van der Waals surface area contributed by atoms with Crippen molar-refractivity contribution >= 4 is 18.2 Å². The molecule has 1 N–H and O–H groups in total. The minimum atomic E-state index is -4.83. The van der Waals surface area contributed by atoms with Crippen molar-refractivity contribution in [1.82, 2.24) is 5.32 Å². The van der Waals surface area contributed by atoms with E-state index in [0.29, 0.717) is 0 Å².